The first-order chi connectivity index (χ1) is 7.25. The Bertz CT molecular complexity index is 273. The molecule has 1 aliphatic rings. The van der Waals surface area contributed by atoms with Gasteiger partial charge in [-0.05, 0) is 20.4 Å². The first-order valence-corrected chi connectivity index (χ1v) is 5.67. The number of nitrogens with one attached hydrogen (secondary N) is 2. The second kappa shape index (κ2) is 4.77. The molecule has 4 nitrogen and oxygen atoms in total. The predicted octanol–water partition coefficient (Wildman–Crippen LogP) is 0.634. The van der Waals surface area contributed by atoms with Gasteiger partial charge in [0.2, 0.25) is 0 Å². The van der Waals surface area contributed by atoms with E-state index in [0.717, 1.165) is 18.8 Å². The highest BCUT2D eigenvalue weighted by atomic mass is 15.2. The van der Waals surface area contributed by atoms with E-state index in [0.29, 0.717) is 12.1 Å². The van der Waals surface area contributed by atoms with Crippen LogP contribution in [0.15, 0.2) is 12.4 Å². The number of imidazole rings is 1. The molecule has 1 aromatic rings. The smallest absolute Gasteiger partial charge is 0.107 e. The zero-order valence-electron chi connectivity index (χ0n) is 9.53. The summed E-state index contributed by atoms with van der Waals surface area (Å²) in [5.74, 6) is 1.07. The van der Waals surface area contributed by atoms with E-state index in [-0.39, 0.29) is 0 Å². The standard InChI is InChI=1S/C11H20N4/c1-9-7-10(8-15(9)2)12-4-3-11-13-5-6-14-11/h5-6,9-10,12H,3-4,7-8H2,1-2H3,(H,13,14). The van der Waals surface area contributed by atoms with Crippen molar-refractivity contribution in [1.29, 1.82) is 0 Å². The minimum Gasteiger partial charge on any atom is -0.349 e. The molecule has 1 aromatic heterocycles. The van der Waals surface area contributed by atoms with Crippen LogP contribution in [0.2, 0.25) is 0 Å². The molecule has 84 valence electrons. The van der Waals surface area contributed by atoms with Gasteiger partial charge < -0.3 is 15.2 Å². The van der Waals surface area contributed by atoms with Gasteiger partial charge in [-0.15, -0.1) is 0 Å². The molecule has 4 heteroatoms. The second-order valence-electron chi connectivity index (χ2n) is 4.46. The van der Waals surface area contributed by atoms with E-state index in [4.69, 9.17) is 0 Å². The van der Waals surface area contributed by atoms with Crippen LogP contribution in [-0.2, 0) is 6.42 Å². The van der Waals surface area contributed by atoms with Crippen molar-refractivity contribution in [3.63, 3.8) is 0 Å². The molecule has 2 heterocycles. The van der Waals surface area contributed by atoms with Gasteiger partial charge in [-0.3, -0.25) is 0 Å². The number of hydrogen-bond acceptors (Lipinski definition) is 3. The van der Waals surface area contributed by atoms with Gasteiger partial charge >= 0.3 is 0 Å². The molecule has 0 amide bonds. The van der Waals surface area contributed by atoms with E-state index in [1.807, 2.05) is 6.20 Å². The third-order valence-electron chi connectivity index (χ3n) is 3.24. The molecule has 0 saturated carbocycles. The maximum absolute atomic E-state index is 4.20. The lowest BCUT2D eigenvalue weighted by Gasteiger charge is -2.13. The third-order valence-corrected chi connectivity index (χ3v) is 3.24. The van der Waals surface area contributed by atoms with Crippen LogP contribution in [0.25, 0.3) is 0 Å². The molecule has 2 unspecified atom stereocenters. The first kappa shape index (κ1) is 10.6. The van der Waals surface area contributed by atoms with Crippen LogP contribution in [-0.4, -0.2) is 47.1 Å². The topological polar surface area (TPSA) is 44.0 Å². The number of likely N-dealkylation sites (N-methyl/N-ethyl adjacent to an activating group) is 1. The average Bonchev–Trinajstić information content (AvgIpc) is 2.79. The van der Waals surface area contributed by atoms with Crippen molar-refractivity contribution in [3.8, 4) is 0 Å². The summed E-state index contributed by atoms with van der Waals surface area (Å²) in [5.41, 5.74) is 0. The lowest BCUT2D eigenvalue weighted by molar-refractivity contribution is 0.327. The molecule has 0 bridgehead atoms. The number of hydrogen-bond donors (Lipinski definition) is 2. The quantitative estimate of drug-likeness (QED) is 0.763. The number of nitrogens with zero attached hydrogens (tertiary/aromatic N) is 2. The molecule has 15 heavy (non-hydrogen) atoms. The normalized spacial score (nSPS) is 27.3. The summed E-state index contributed by atoms with van der Waals surface area (Å²) in [6.45, 7) is 4.46. The van der Waals surface area contributed by atoms with E-state index >= 15 is 0 Å². The summed E-state index contributed by atoms with van der Waals surface area (Å²) in [4.78, 5) is 9.73. The zero-order valence-corrected chi connectivity index (χ0v) is 9.53. The van der Waals surface area contributed by atoms with Gasteiger partial charge in [-0.2, -0.15) is 0 Å². The van der Waals surface area contributed by atoms with Crippen molar-refractivity contribution in [3.05, 3.63) is 18.2 Å². The summed E-state index contributed by atoms with van der Waals surface area (Å²) < 4.78 is 0. The molecule has 0 radical (unpaired) electrons. The number of rotatable bonds is 4. The highest BCUT2D eigenvalue weighted by Crippen LogP contribution is 2.14. The molecule has 2 atom stereocenters. The van der Waals surface area contributed by atoms with Gasteiger partial charge in [0.1, 0.15) is 5.82 Å². The summed E-state index contributed by atoms with van der Waals surface area (Å²) in [5, 5.41) is 3.58. The first-order valence-electron chi connectivity index (χ1n) is 5.67. The van der Waals surface area contributed by atoms with Crippen LogP contribution in [0.4, 0.5) is 0 Å². The summed E-state index contributed by atoms with van der Waals surface area (Å²) in [7, 11) is 2.19. The molecule has 0 aromatic carbocycles. The van der Waals surface area contributed by atoms with Crippen molar-refractivity contribution in [2.45, 2.75) is 31.8 Å². The van der Waals surface area contributed by atoms with Gasteiger partial charge in [0.15, 0.2) is 0 Å². The Morgan fingerprint density at radius 1 is 1.67 bits per heavy atom. The van der Waals surface area contributed by atoms with E-state index in [1.54, 1.807) is 6.20 Å². The van der Waals surface area contributed by atoms with Gasteiger partial charge in [-0.25, -0.2) is 4.98 Å². The maximum atomic E-state index is 4.20. The Morgan fingerprint density at radius 2 is 2.53 bits per heavy atom. The molecular weight excluding hydrogens is 188 g/mol. The predicted molar refractivity (Wildman–Crippen MR) is 60.8 cm³/mol. The van der Waals surface area contributed by atoms with Gasteiger partial charge in [0.05, 0.1) is 0 Å². The van der Waals surface area contributed by atoms with E-state index in [1.165, 1.54) is 13.0 Å². The molecule has 1 saturated heterocycles. The number of H-pyrrole nitrogens is 1. The van der Waals surface area contributed by atoms with Crippen molar-refractivity contribution in [2.24, 2.45) is 0 Å². The van der Waals surface area contributed by atoms with Crippen LogP contribution < -0.4 is 5.32 Å². The molecule has 2 rings (SSSR count). The van der Waals surface area contributed by atoms with Crippen molar-refractivity contribution < 1.29 is 0 Å². The minimum atomic E-state index is 0.653. The van der Waals surface area contributed by atoms with E-state index in [2.05, 4.69) is 34.2 Å². The largest absolute Gasteiger partial charge is 0.349 e. The van der Waals surface area contributed by atoms with Crippen LogP contribution in [0.5, 0.6) is 0 Å². The molecule has 0 spiro atoms. The maximum Gasteiger partial charge on any atom is 0.107 e. The Morgan fingerprint density at radius 3 is 3.13 bits per heavy atom. The molecule has 2 N–H and O–H groups in total. The molecular formula is C11H20N4. The second-order valence-corrected chi connectivity index (χ2v) is 4.46. The van der Waals surface area contributed by atoms with Gasteiger partial charge in [-0.1, -0.05) is 0 Å². The van der Waals surface area contributed by atoms with Gasteiger partial charge in [0, 0.05) is 44.0 Å². The third kappa shape index (κ3) is 2.79. The zero-order chi connectivity index (χ0) is 10.7. The number of aromatic nitrogens is 2. The lowest BCUT2D eigenvalue weighted by Crippen LogP contribution is -2.33. The lowest BCUT2D eigenvalue weighted by atomic mass is 10.2. The fourth-order valence-electron chi connectivity index (χ4n) is 2.17. The monoisotopic (exact) mass is 208 g/mol. The molecule has 1 fully saturated rings. The highest BCUT2D eigenvalue weighted by Gasteiger charge is 2.25. The van der Waals surface area contributed by atoms with Crippen LogP contribution in [0, 0.1) is 0 Å². The Labute approximate surface area is 91.1 Å². The minimum absolute atomic E-state index is 0.653. The van der Waals surface area contributed by atoms with E-state index < -0.39 is 0 Å². The fraction of sp³-hybridized carbons (Fsp3) is 0.727. The van der Waals surface area contributed by atoms with Crippen molar-refractivity contribution in [2.75, 3.05) is 20.1 Å². The van der Waals surface area contributed by atoms with Crippen molar-refractivity contribution >= 4 is 0 Å². The molecule has 0 aliphatic carbocycles. The Hall–Kier alpha value is -0.870. The summed E-state index contributed by atoms with van der Waals surface area (Å²) >= 11 is 0. The average molecular weight is 208 g/mol. The Kier molecular flexibility index (Phi) is 3.38. The number of aromatic amines is 1. The van der Waals surface area contributed by atoms with Crippen LogP contribution in [0.3, 0.4) is 0 Å². The van der Waals surface area contributed by atoms with Crippen LogP contribution >= 0.6 is 0 Å². The van der Waals surface area contributed by atoms with Crippen LogP contribution in [0.1, 0.15) is 19.2 Å². The number of likely N-dealkylation sites (tertiary alicyclic amines) is 1. The summed E-state index contributed by atoms with van der Waals surface area (Å²) in [6.07, 6.45) is 5.93. The highest BCUT2D eigenvalue weighted by molar-refractivity contribution is 4.89. The summed E-state index contributed by atoms with van der Waals surface area (Å²) in [6, 6.07) is 1.37. The SMILES string of the molecule is CC1CC(NCCc2ncc[nH]2)CN1C. The Balaban J connectivity index is 1.67. The molecule has 1 aliphatic heterocycles. The van der Waals surface area contributed by atoms with Gasteiger partial charge in [0.25, 0.3) is 0 Å². The van der Waals surface area contributed by atoms with E-state index in [9.17, 15) is 0 Å². The fourth-order valence-corrected chi connectivity index (χ4v) is 2.17. The van der Waals surface area contributed by atoms with Crippen molar-refractivity contribution in [1.82, 2.24) is 20.2 Å².